The minimum absolute atomic E-state index is 0.0820. The summed E-state index contributed by atoms with van der Waals surface area (Å²) in [5.74, 6) is 1.12. The van der Waals surface area contributed by atoms with Crippen LogP contribution in [-0.2, 0) is 4.79 Å². The van der Waals surface area contributed by atoms with Crippen LogP contribution in [0.4, 0.5) is 0 Å². The molecule has 3 heterocycles. The largest absolute Gasteiger partial charge is 0.490 e. The maximum atomic E-state index is 11.7. The molecule has 1 N–H and O–H groups in total. The Morgan fingerprint density at radius 3 is 2.80 bits per heavy atom. The Hall–Kier alpha value is -1.62. The molecule has 0 radical (unpaired) electrons. The maximum absolute atomic E-state index is 11.7. The second-order valence-corrected chi connectivity index (χ2v) is 5.59. The molecule has 5 nitrogen and oxygen atoms in total. The highest BCUT2D eigenvalue weighted by atomic mass is 16.5. The summed E-state index contributed by atoms with van der Waals surface area (Å²) >= 11 is 0. The molecule has 20 heavy (non-hydrogen) atoms. The lowest BCUT2D eigenvalue weighted by molar-refractivity contribution is -0.124. The van der Waals surface area contributed by atoms with Crippen molar-refractivity contribution in [3.05, 3.63) is 24.0 Å². The van der Waals surface area contributed by atoms with Crippen LogP contribution in [0.15, 0.2) is 18.5 Å². The number of nitrogens with one attached hydrogen (secondary N) is 1. The summed E-state index contributed by atoms with van der Waals surface area (Å²) in [6, 6.07) is 2.00. The first-order valence-electron chi connectivity index (χ1n) is 7.33. The summed E-state index contributed by atoms with van der Waals surface area (Å²) in [5, 5.41) is 2.91. The Morgan fingerprint density at radius 2 is 2.15 bits per heavy atom. The van der Waals surface area contributed by atoms with Gasteiger partial charge in [-0.25, -0.2) is 0 Å². The second kappa shape index (κ2) is 5.79. The fraction of sp³-hybridized carbons (Fsp3) is 0.600. The first-order valence-corrected chi connectivity index (χ1v) is 7.33. The van der Waals surface area contributed by atoms with Gasteiger partial charge in [-0.2, -0.15) is 0 Å². The minimum Gasteiger partial charge on any atom is -0.490 e. The minimum atomic E-state index is 0.0820. The number of carbonyl (C=O) groups excluding carboxylic acids is 1. The van der Waals surface area contributed by atoms with E-state index in [-0.39, 0.29) is 18.1 Å². The van der Waals surface area contributed by atoms with E-state index in [0.29, 0.717) is 0 Å². The Kier molecular flexibility index (Phi) is 3.87. The van der Waals surface area contributed by atoms with Crippen LogP contribution < -0.4 is 10.1 Å². The Bertz CT molecular complexity index is 484. The highest BCUT2D eigenvalue weighted by Crippen LogP contribution is 2.23. The lowest BCUT2D eigenvalue weighted by Gasteiger charge is -2.34. The van der Waals surface area contributed by atoms with Gasteiger partial charge < -0.3 is 10.1 Å². The van der Waals surface area contributed by atoms with Gasteiger partial charge in [0.2, 0.25) is 5.91 Å². The zero-order chi connectivity index (χ0) is 13.9. The van der Waals surface area contributed by atoms with Crippen molar-refractivity contribution in [2.45, 2.75) is 38.3 Å². The molecule has 2 fully saturated rings. The molecule has 3 rings (SSSR count). The highest BCUT2D eigenvalue weighted by Gasteiger charge is 2.33. The molecule has 1 unspecified atom stereocenters. The van der Waals surface area contributed by atoms with Gasteiger partial charge in [-0.15, -0.1) is 0 Å². The van der Waals surface area contributed by atoms with Crippen molar-refractivity contribution >= 4 is 5.91 Å². The molecule has 1 aromatic heterocycles. The quantitative estimate of drug-likeness (QED) is 0.898. The molecule has 2 aliphatic heterocycles. The number of hydrogen-bond acceptors (Lipinski definition) is 4. The van der Waals surface area contributed by atoms with Gasteiger partial charge >= 0.3 is 0 Å². The molecular formula is C15H21N3O2. The lowest BCUT2D eigenvalue weighted by Crippen LogP contribution is -2.47. The van der Waals surface area contributed by atoms with Gasteiger partial charge in [0.25, 0.3) is 0 Å². The third-order valence-electron chi connectivity index (χ3n) is 4.20. The maximum Gasteiger partial charge on any atom is 0.237 e. The van der Waals surface area contributed by atoms with E-state index < -0.39 is 0 Å². The van der Waals surface area contributed by atoms with Crippen LogP contribution in [0.3, 0.4) is 0 Å². The van der Waals surface area contributed by atoms with E-state index in [4.69, 9.17) is 4.74 Å². The molecule has 2 aliphatic rings. The molecule has 0 bridgehead atoms. The molecule has 1 atom stereocenters. The van der Waals surface area contributed by atoms with E-state index in [1.807, 2.05) is 19.2 Å². The third kappa shape index (κ3) is 2.77. The monoisotopic (exact) mass is 275 g/mol. The van der Waals surface area contributed by atoms with Crippen molar-refractivity contribution in [2.24, 2.45) is 0 Å². The van der Waals surface area contributed by atoms with E-state index >= 15 is 0 Å². The number of likely N-dealkylation sites (tertiary alicyclic amines) is 1. The summed E-state index contributed by atoms with van der Waals surface area (Å²) in [4.78, 5) is 18.1. The number of nitrogens with zero attached hydrogens (tertiary/aromatic N) is 2. The molecular weight excluding hydrogens is 254 g/mol. The molecule has 1 aromatic rings. The normalized spacial score (nSPS) is 24.6. The third-order valence-corrected chi connectivity index (χ3v) is 4.20. The first kappa shape index (κ1) is 13.4. The summed E-state index contributed by atoms with van der Waals surface area (Å²) in [7, 11) is 0. The Morgan fingerprint density at radius 1 is 1.35 bits per heavy atom. The molecule has 0 aromatic carbocycles. The average Bonchev–Trinajstić information content (AvgIpc) is 2.89. The van der Waals surface area contributed by atoms with Crippen LogP contribution >= 0.6 is 0 Å². The first-order chi connectivity index (χ1) is 9.74. The zero-order valence-corrected chi connectivity index (χ0v) is 11.8. The predicted octanol–water partition coefficient (Wildman–Crippen LogP) is 1.12. The van der Waals surface area contributed by atoms with Gasteiger partial charge in [0.15, 0.2) is 0 Å². The van der Waals surface area contributed by atoms with Gasteiger partial charge in [-0.1, -0.05) is 0 Å². The van der Waals surface area contributed by atoms with Crippen molar-refractivity contribution in [3.8, 4) is 5.75 Å². The smallest absolute Gasteiger partial charge is 0.237 e. The number of pyridine rings is 1. The number of aryl methyl sites for hydroxylation is 1. The molecule has 2 saturated heterocycles. The van der Waals surface area contributed by atoms with E-state index in [1.54, 1.807) is 6.20 Å². The van der Waals surface area contributed by atoms with Gasteiger partial charge in [0.1, 0.15) is 11.9 Å². The second-order valence-electron chi connectivity index (χ2n) is 5.59. The van der Waals surface area contributed by atoms with E-state index in [0.717, 1.165) is 50.2 Å². The number of hydrogen-bond donors (Lipinski definition) is 1. The molecule has 1 amide bonds. The van der Waals surface area contributed by atoms with Gasteiger partial charge in [-0.3, -0.25) is 14.7 Å². The number of carbonyl (C=O) groups is 1. The lowest BCUT2D eigenvalue weighted by atomic mass is 10.0. The number of piperidine rings is 1. The standard InChI is InChI=1S/C15H21N3O2/c1-11-10-16-6-3-14(11)20-12-4-8-18(9-5-12)13-2-7-17-15(13)19/h3,6,10,12-13H,2,4-5,7-9H2,1H3,(H,17,19). The molecule has 5 heteroatoms. The molecule has 0 spiro atoms. The van der Waals surface area contributed by atoms with Crippen molar-refractivity contribution in [3.63, 3.8) is 0 Å². The van der Waals surface area contributed by atoms with Gasteiger partial charge in [0, 0.05) is 37.6 Å². The van der Waals surface area contributed by atoms with Gasteiger partial charge in [0.05, 0.1) is 6.04 Å². The summed E-state index contributed by atoms with van der Waals surface area (Å²) in [6.07, 6.45) is 6.73. The van der Waals surface area contributed by atoms with Crippen LogP contribution in [0.1, 0.15) is 24.8 Å². The fourth-order valence-electron chi connectivity index (χ4n) is 3.01. The van der Waals surface area contributed by atoms with Gasteiger partial charge in [-0.05, 0) is 32.3 Å². The predicted molar refractivity (Wildman–Crippen MR) is 75.6 cm³/mol. The summed E-state index contributed by atoms with van der Waals surface area (Å²) < 4.78 is 6.06. The molecule has 0 aliphatic carbocycles. The van der Waals surface area contributed by atoms with Crippen LogP contribution in [0.5, 0.6) is 5.75 Å². The van der Waals surface area contributed by atoms with E-state index in [1.165, 1.54) is 0 Å². The number of rotatable bonds is 3. The molecule has 0 saturated carbocycles. The number of aromatic nitrogens is 1. The van der Waals surface area contributed by atoms with Crippen LogP contribution in [0, 0.1) is 6.92 Å². The van der Waals surface area contributed by atoms with Crippen molar-refractivity contribution < 1.29 is 9.53 Å². The fourth-order valence-corrected chi connectivity index (χ4v) is 3.01. The van der Waals surface area contributed by atoms with Crippen molar-refractivity contribution in [1.82, 2.24) is 15.2 Å². The van der Waals surface area contributed by atoms with E-state index in [9.17, 15) is 4.79 Å². The van der Waals surface area contributed by atoms with Crippen molar-refractivity contribution in [1.29, 1.82) is 0 Å². The number of amides is 1. The summed E-state index contributed by atoms with van der Waals surface area (Å²) in [6.45, 7) is 4.70. The average molecular weight is 275 g/mol. The summed E-state index contributed by atoms with van der Waals surface area (Å²) in [5.41, 5.74) is 1.07. The molecule has 108 valence electrons. The zero-order valence-electron chi connectivity index (χ0n) is 11.8. The highest BCUT2D eigenvalue weighted by molar-refractivity contribution is 5.83. The van der Waals surface area contributed by atoms with E-state index in [2.05, 4.69) is 15.2 Å². The van der Waals surface area contributed by atoms with Crippen molar-refractivity contribution in [2.75, 3.05) is 19.6 Å². The van der Waals surface area contributed by atoms with Crippen LogP contribution in [0.2, 0.25) is 0 Å². The SMILES string of the molecule is Cc1cnccc1OC1CCN(C2CCNC2=O)CC1. The topological polar surface area (TPSA) is 54.5 Å². The van der Waals surface area contributed by atoms with Crippen LogP contribution in [0.25, 0.3) is 0 Å². The van der Waals surface area contributed by atoms with Crippen LogP contribution in [-0.4, -0.2) is 47.6 Å². The Labute approximate surface area is 119 Å². The number of ether oxygens (including phenoxy) is 1. The Balaban J connectivity index is 1.54.